The molecule has 2 saturated carbocycles. The zero-order chi connectivity index (χ0) is 43.6. The summed E-state index contributed by atoms with van der Waals surface area (Å²) >= 11 is 0. The predicted octanol–water partition coefficient (Wildman–Crippen LogP) is 18.8. The molecule has 2 aromatic heterocycles. The summed E-state index contributed by atoms with van der Waals surface area (Å²) in [6.45, 7) is 0. The largest absolute Gasteiger partial charge is 0.454 e. The Balaban J connectivity index is 1.19. The van der Waals surface area contributed by atoms with Gasteiger partial charge in [0.1, 0.15) is 11.2 Å². The minimum Gasteiger partial charge on any atom is -0.454 e. The molecule has 11 aromatic rings. The van der Waals surface area contributed by atoms with Crippen molar-refractivity contribution < 1.29 is 8.83 Å². The van der Waals surface area contributed by atoms with E-state index in [1.165, 1.54) is 108 Å². The second kappa shape index (κ2) is 16.3. The number of anilines is 6. The molecule has 322 valence electrons. The van der Waals surface area contributed by atoms with Crippen LogP contribution in [0.1, 0.15) is 87.2 Å². The minimum absolute atomic E-state index is 0.516. The third-order valence-electron chi connectivity index (χ3n) is 15.0. The Morgan fingerprint density at radius 1 is 0.318 bits per heavy atom. The van der Waals surface area contributed by atoms with Gasteiger partial charge in [-0.05, 0) is 109 Å². The van der Waals surface area contributed by atoms with Crippen molar-refractivity contribution in [2.75, 3.05) is 9.80 Å². The molecule has 13 rings (SSSR count). The molecule has 9 aromatic carbocycles. The molecule has 4 nitrogen and oxygen atoms in total. The summed E-state index contributed by atoms with van der Waals surface area (Å²) in [6, 6.07) is 67.2. The highest BCUT2D eigenvalue weighted by Crippen LogP contribution is 2.55. The van der Waals surface area contributed by atoms with E-state index in [2.05, 4.69) is 192 Å². The van der Waals surface area contributed by atoms with Gasteiger partial charge in [0.25, 0.3) is 0 Å². The average Bonchev–Trinajstić information content (AvgIpc) is 3.97. The van der Waals surface area contributed by atoms with E-state index in [9.17, 15) is 0 Å². The lowest BCUT2D eigenvalue weighted by Crippen LogP contribution is -2.15. The van der Waals surface area contributed by atoms with E-state index in [-0.39, 0.29) is 0 Å². The second-order valence-electron chi connectivity index (χ2n) is 18.8. The molecular weight excluding hydrogens is 805 g/mol. The lowest BCUT2D eigenvalue weighted by molar-refractivity contribution is 0.444. The van der Waals surface area contributed by atoms with Crippen LogP contribution in [0.4, 0.5) is 34.1 Å². The highest BCUT2D eigenvalue weighted by atomic mass is 16.3. The van der Waals surface area contributed by atoms with E-state index in [0.29, 0.717) is 11.8 Å². The number of rotatable bonds is 8. The molecule has 0 aliphatic heterocycles. The van der Waals surface area contributed by atoms with Crippen LogP contribution in [0.15, 0.2) is 191 Å². The van der Waals surface area contributed by atoms with Crippen LogP contribution >= 0.6 is 0 Å². The van der Waals surface area contributed by atoms with E-state index in [1.54, 1.807) is 0 Å². The SMILES string of the molecule is c1ccc(N(c2c3ccc(C4CCCCC4)cc3c(N(c3ccccc3)c3cccc4c3oc3ccccc34)c3ccc(C4CCCCC4)cc23)c2cccc3c2oc2ccccc23)cc1. The van der Waals surface area contributed by atoms with Crippen LogP contribution in [-0.2, 0) is 0 Å². The van der Waals surface area contributed by atoms with Crippen molar-refractivity contribution in [3.05, 3.63) is 193 Å². The van der Waals surface area contributed by atoms with Gasteiger partial charge in [0.15, 0.2) is 11.2 Å². The van der Waals surface area contributed by atoms with Crippen molar-refractivity contribution in [1.82, 2.24) is 0 Å². The van der Waals surface area contributed by atoms with Crippen LogP contribution in [0, 0.1) is 0 Å². The lowest BCUT2D eigenvalue weighted by Gasteiger charge is -2.34. The van der Waals surface area contributed by atoms with Crippen LogP contribution < -0.4 is 9.80 Å². The van der Waals surface area contributed by atoms with E-state index in [1.807, 2.05) is 0 Å². The van der Waals surface area contributed by atoms with Crippen molar-refractivity contribution in [1.29, 1.82) is 0 Å². The summed E-state index contributed by atoms with van der Waals surface area (Å²) in [6.07, 6.45) is 12.6. The molecule has 0 spiro atoms. The molecule has 2 aliphatic rings. The second-order valence-corrected chi connectivity index (χ2v) is 18.8. The van der Waals surface area contributed by atoms with E-state index < -0.39 is 0 Å². The molecule has 0 radical (unpaired) electrons. The lowest BCUT2D eigenvalue weighted by atomic mass is 9.81. The van der Waals surface area contributed by atoms with Gasteiger partial charge in [0.05, 0.1) is 22.7 Å². The van der Waals surface area contributed by atoms with Crippen molar-refractivity contribution in [3.8, 4) is 0 Å². The first-order chi connectivity index (χ1) is 32.8. The first-order valence-electron chi connectivity index (χ1n) is 24.3. The summed E-state index contributed by atoms with van der Waals surface area (Å²) in [4.78, 5) is 5.02. The maximum Gasteiger partial charge on any atom is 0.159 e. The first kappa shape index (κ1) is 39.1. The molecule has 0 bridgehead atoms. The molecular formula is C62H52N2O2. The standard InChI is InChI=1S/C62H52N2O2/c1-5-19-41(20-6-1)43-35-37-49-53(39-43)59(63(45-23-9-3-10-24-45)55-31-17-29-51-47-27-13-15-33-57(47)65-61(51)55)50-38-36-44(42-21-7-2-8-22-42)40-54(50)60(49)64(46-25-11-4-12-26-46)56-32-18-30-52-48-28-14-16-34-58(48)66-62(52)56/h3-4,9-18,23-42H,1-2,5-8,19-22H2. The summed E-state index contributed by atoms with van der Waals surface area (Å²) in [7, 11) is 0. The van der Waals surface area contributed by atoms with Crippen molar-refractivity contribution in [2.45, 2.75) is 76.0 Å². The first-order valence-corrected chi connectivity index (χ1v) is 24.3. The van der Waals surface area contributed by atoms with Crippen molar-refractivity contribution >= 4 is 99.5 Å². The zero-order valence-corrected chi connectivity index (χ0v) is 37.3. The number of para-hydroxylation sites is 6. The molecule has 4 heteroatoms. The van der Waals surface area contributed by atoms with Crippen LogP contribution in [-0.4, -0.2) is 0 Å². The minimum atomic E-state index is 0.516. The molecule has 0 unspecified atom stereocenters. The number of benzene rings is 9. The van der Waals surface area contributed by atoms with Crippen LogP contribution in [0.2, 0.25) is 0 Å². The van der Waals surface area contributed by atoms with Crippen molar-refractivity contribution in [2.24, 2.45) is 0 Å². The van der Waals surface area contributed by atoms with Gasteiger partial charge in [0.2, 0.25) is 0 Å². The molecule has 0 N–H and O–H groups in total. The summed E-state index contributed by atoms with van der Waals surface area (Å²) < 4.78 is 13.9. The average molecular weight is 857 g/mol. The van der Waals surface area contributed by atoms with Gasteiger partial charge in [-0.1, -0.05) is 160 Å². The van der Waals surface area contributed by atoms with Gasteiger partial charge in [-0.3, -0.25) is 0 Å². The molecule has 0 atom stereocenters. The number of nitrogens with zero attached hydrogens (tertiary/aromatic N) is 2. The molecule has 2 aliphatic carbocycles. The van der Waals surface area contributed by atoms with Gasteiger partial charge in [-0.2, -0.15) is 0 Å². The summed E-state index contributed by atoms with van der Waals surface area (Å²) in [5.74, 6) is 1.03. The Bertz CT molecular complexity index is 3340. The maximum atomic E-state index is 6.93. The van der Waals surface area contributed by atoms with Crippen LogP contribution in [0.3, 0.4) is 0 Å². The van der Waals surface area contributed by atoms with Gasteiger partial charge in [-0.25, -0.2) is 0 Å². The third-order valence-corrected chi connectivity index (χ3v) is 15.0. The zero-order valence-electron chi connectivity index (χ0n) is 37.3. The Morgan fingerprint density at radius 2 is 0.712 bits per heavy atom. The molecule has 66 heavy (non-hydrogen) atoms. The van der Waals surface area contributed by atoms with Crippen LogP contribution in [0.25, 0.3) is 65.4 Å². The Kier molecular flexibility index (Phi) is 9.65. The van der Waals surface area contributed by atoms with Gasteiger partial charge < -0.3 is 18.6 Å². The molecule has 2 heterocycles. The van der Waals surface area contributed by atoms with Gasteiger partial charge in [0, 0.05) is 54.5 Å². The molecule has 0 saturated heterocycles. The van der Waals surface area contributed by atoms with E-state index >= 15 is 0 Å². The quantitative estimate of drug-likeness (QED) is 0.113. The fraction of sp³-hybridized carbons (Fsp3) is 0.194. The number of fused-ring (bicyclic) bond motifs is 8. The highest BCUT2D eigenvalue weighted by molar-refractivity contribution is 6.25. The Labute approximate surface area is 385 Å². The maximum absolute atomic E-state index is 6.93. The third kappa shape index (κ3) is 6.48. The van der Waals surface area contributed by atoms with E-state index in [0.717, 1.165) is 66.6 Å². The molecule has 0 amide bonds. The number of furan rings is 2. The number of hydrogen-bond donors (Lipinski definition) is 0. The summed E-state index contributed by atoms with van der Waals surface area (Å²) in [5.41, 5.74) is 13.0. The van der Waals surface area contributed by atoms with Gasteiger partial charge >= 0.3 is 0 Å². The van der Waals surface area contributed by atoms with Gasteiger partial charge in [-0.15, -0.1) is 0 Å². The number of hydrogen-bond acceptors (Lipinski definition) is 4. The summed E-state index contributed by atoms with van der Waals surface area (Å²) in [5, 5.41) is 9.34. The Morgan fingerprint density at radius 3 is 1.15 bits per heavy atom. The topological polar surface area (TPSA) is 32.8 Å². The highest BCUT2D eigenvalue weighted by Gasteiger charge is 2.30. The molecule has 2 fully saturated rings. The van der Waals surface area contributed by atoms with Crippen molar-refractivity contribution in [3.63, 3.8) is 0 Å². The van der Waals surface area contributed by atoms with Crippen LogP contribution in [0.5, 0.6) is 0 Å². The normalized spacial score (nSPS) is 15.2. The smallest absolute Gasteiger partial charge is 0.159 e. The predicted molar refractivity (Wildman–Crippen MR) is 277 cm³/mol. The fourth-order valence-electron chi connectivity index (χ4n) is 11.8. The van der Waals surface area contributed by atoms with E-state index in [4.69, 9.17) is 8.83 Å². The monoisotopic (exact) mass is 856 g/mol. The fourth-order valence-corrected chi connectivity index (χ4v) is 11.8. The Hall–Kier alpha value is -7.30.